The Hall–Kier alpha value is -7.94. The summed E-state index contributed by atoms with van der Waals surface area (Å²) in [6.45, 7) is 1.29. The molecule has 3 aromatic carbocycles. The van der Waals surface area contributed by atoms with Crippen LogP contribution in [-0.4, -0.2) is 234 Å². The number of rotatable bonds is 23. The average Bonchev–Trinajstić information content (AvgIpc) is 1.66. The van der Waals surface area contributed by atoms with E-state index < -0.39 is 171 Å². The van der Waals surface area contributed by atoms with Crippen LogP contribution in [0.5, 0.6) is 17.2 Å². The van der Waals surface area contributed by atoms with Crippen molar-refractivity contribution in [2.45, 2.75) is 145 Å². The number of phenolic OH excluding ortho intramolecular Hbond substituents is 1. The number of aliphatic hydroxyl groups is 6. The van der Waals surface area contributed by atoms with Crippen molar-refractivity contribution in [1.82, 2.24) is 46.6 Å². The number of aliphatic hydroxyl groups excluding tert-OH is 6. The summed E-state index contributed by atoms with van der Waals surface area (Å²) in [6, 6.07) is 5.88. The molecule has 3 saturated heterocycles. The number of benzene rings is 3. The number of aliphatic carboxylic acids is 1. The first-order chi connectivity index (χ1) is 43.0. The standard InChI is InChI=1S/C60H80N10O19S/c1-31-28-70-50(51(31)79)56(84)62-27-37(72)25-40(63-52(80)34-10-12-35(13-11-34)57-67-68-58(90-57)36-14-16-39(17-15-36)88-22-8-6-4-5-7-21-87-3)53(81)64-47(32(2)71)59(85)69-29-38(73)26-41(69)54(82)65-48(55(83)66-49(60(70)86)43(75)19-20-61)44(76)23-33-9-18-42(74)45(24-33)89-30-46(77)78/h9-18,24,31-32,37-38,40-41,43-44,47-51,71-76,79H,4-8,19-23,25-30,61H2,1-3H3,(H,62,84)(H,63,80)(H,64,81)(H,65,82)(H,66,83)(H,77,78)/t31-,32+,37+,38+,40-,41-,43+,44+,47-,48-,49-,50-,51-/m0/s1. The highest BCUT2D eigenvalue weighted by Crippen LogP contribution is 2.33. The summed E-state index contributed by atoms with van der Waals surface area (Å²) in [5, 5.41) is 110. The molecule has 0 bridgehead atoms. The molecule has 15 N–H and O–H groups in total. The minimum atomic E-state index is -2.12. The van der Waals surface area contributed by atoms with Crippen LogP contribution in [0.4, 0.5) is 0 Å². The number of carboxylic acids is 1. The molecule has 7 rings (SSSR count). The van der Waals surface area contributed by atoms with E-state index in [1.54, 1.807) is 19.2 Å². The number of nitrogens with one attached hydrogen (secondary N) is 5. The monoisotopic (exact) mass is 1280 g/mol. The summed E-state index contributed by atoms with van der Waals surface area (Å²) in [6.07, 6.45) is -7.09. The molecule has 3 aliphatic heterocycles. The lowest BCUT2D eigenvalue weighted by Gasteiger charge is -2.34. The van der Waals surface area contributed by atoms with Crippen LogP contribution in [-0.2, 0) is 44.7 Å². The van der Waals surface area contributed by atoms with Crippen LogP contribution < -0.4 is 41.8 Å². The highest BCUT2D eigenvalue weighted by atomic mass is 32.1. The number of hydrogen-bond acceptors (Lipinski definition) is 22. The molecule has 490 valence electrons. The minimum absolute atomic E-state index is 0.0177. The van der Waals surface area contributed by atoms with E-state index in [0.29, 0.717) is 22.2 Å². The largest absolute Gasteiger partial charge is 0.504 e. The number of β-amino-alcohol motifs (C(OH)–C–C–N with tert-alkyl or cyclic N) is 1. The van der Waals surface area contributed by atoms with Crippen molar-refractivity contribution in [2.75, 3.05) is 53.1 Å². The highest BCUT2D eigenvalue weighted by molar-refractivity contribution is 7.17. The zero-order chi connectivity index (χ0) is 65.3. The van der Waals surface area contributed by atoms with E-state index in [9.17, 15) is 74.1 Å². The molecule has 3 fully saturated rings. The van der Waals surface area contributed by atoms with E-state index in [2.05, 4.69) is 36.8 Å². The van der Waals surface area contributed by atoms with Crippen molar-refractivity contribution in [3.63, 3.8) is 0 Å². The maximum atomic E-state index is 14.7. The molecule has 4 aromatic rings. The van der Waals surface area contributed by atoms with E-state index in [0.717, 1.165) is 78.9 Å². The van der Waals surface area contributed by atoms with Gasteiger partial charge in [0.15, 0.2) is 18.1 Å². The lowest BCUT2D eigenvalue weighted by molar-refractivity contribution is -0.147. The Morgan fingerprint density at radius 2 is 1.36 bits per heavy atom. The first kappa shape index (κ1) is 69.5. The number of carboxylic acid groups (broad SMARTS) is 1. The molecule has 90 heavy (non-hydrogen) atoms. The van der Waals surface area contributed by atoms with Gasteiger partial charge in [-0.2, -0.15) is 0 Å². The normalized spacial score (nSPS) is 24.9. The Morgan fingerprint density at radius 3 is 2.00 bits per heavy atom. The molecule has 13 atom stereocenters. The van der Waals surface area contributed by atoms with Gasteiger partial charge in [-0.05, 0) is 86.8 Å². The highest BCUT2D eigenvalue weighted by Gasteiger charge is 2.50. The number of carbonyl (C=O) groups is 8. The van der Waals surface area contributed by atoms with Crippen LogP contribution in [0.3, 0.4) is 0 Å². The van der Waals surface area contributed by atoms with Crippen molar-refractivity contribution in [3.8, 4) is 38.4 Å². The van der Waals surface area contributed by atoms with E-state index >= 15 is 0 Å². The van der Waals surface area contributed by atoms with Gasteiger partial charge in [-0.25, -0.2) is 4.79 Å². The van der Waals surface area contributed by atoms with Gasteiger partial charge in [0.2, 0.25) is 35.4 Å². The third-order valence-electron chi connectivity index (χ3n) is 15.7. The fourth-order valence-electron chi connectivity index (χ4n) is 10.8. The van der Waals surface area contributed by atoms with E-state index in [1.807, 2.05) is 24.3 Å². The third kappa shape index (κ3) is 18.4. The minimum Gasteiger partial charge on any atom is -0.504 e. The van der Waals surface area contributed by atoms with Crippen molar-refractivity contribution < 1.29 is 93.4 Å². The first-order valence-corrected chi connectivity index (χ1v) is 30.5. The Morgan fingerprint density at radius 1 is 0.733 bits per heavy atom. The molecule has 0 spiro atoms. The first-order valence-electron chi connectivity index (χ1n) is 29.7. The number of ether oxygens (including phenoxy) is 3. The number of phenols is 1. The summed E-state index contributed by atoms with van der Waals surface area (Å²) in [4.78, 5) is 114. The smallest absolute Gasteiger partial charge is 0.341 e. The number of nitrogens with zero attached hydrogens (tertiary/aromatic N) is 4. The number of unbranched alkanes of at least 4 members (excludes halogenated alkanes) is 4. The molecule has 0 aliphatic carbocycles. The molecule has 30 heteroatoms. The Bertz CT molecular complexity index is 3120. The molecule has 0 radical (unpaired) electrons. The third-order valence-corrected chi connectivity index (χ3v) is 16.7. The summed E-state index contributed by atoms with van der Waals surface area (Å²) >= 11 is 1.30. The van der Waals surface area contributed by atoms with Gasteiger partial charge in [0.25, 0.3) is 5.91 Å². The number of nitrogens with two attached hydrogens (primary N) is 1. The zero-order valence-electron chi connectivity index (χ0n) is 50.0. The van der Waals surface area contributed by atoms with Gasteiger partial charge >= 0.3 is 5.97 Å². The molecular formula is C60H80N10O19S. The number of fused-ring (bicyclic) bond motifs is 2. The summed E-state index contributed by atoms with van der Waals surface area (Å²) in [5.74, 6) is -10.1. The van der Waals surface area contributed by atoms with Crippen LogP contribution in [0.15, 0.2) is 66.7 Å². The predicted molar refractivity (Wildman–Crippen MR) is 321 cm³/mol. The van der Waals surface area contributed by atoms with Crippen LogP contribution in [0.2, 0.25) is 0 Å². The quantitative estimate of drug-likeness (QED) is 0.0369. The van der Waals surface area contributed by atoms with E-state index in [1.165, 1.54) is 36.5 Å². The zero-order valence-corrected chi connectivity index (χ0v) is 50.8. The molecule has 1 aromatic heterocycles. The molecule has 29 nitrogen and oxygen atoms in total. The maximum absolute atomic E-state index is 14.7. The number of methoxy groups -OCH3 is 1. The number of amides is 7. The van der Waals surface area contributed by atoms with Crippen molar-refractivity contribution in [2.24, 2.45) is 11.7 Å². The molecular weight excluding hydrogens is 1200 g/mol. The number of hydrogen-bond donors (Lipinski definition) is 14. The van der Waals surface area contributed by atoms with Gasteiger partial charge in [0, 0.05) is 75.2 Å². The van der Waals surface area contributed by atoms with Gasteiger partial charge in [-0.1, -0.05) is 55.7 Å². The number of carbonyl (C=O) groups excluding carboxylic acids is 7. The molecule has 0 saturated carbocycles. The predicted octanol–water partition coefficient (Wildman–Crippen LogP) is -1.69. The Labute approximate surface area is 522 Å². The van der Waals surface area contributed by atoms with Crippen molar-refractivity contribution in [3.05, 3.63) is 77.9 Å². The Balaban J connectivity index is 1.15. The topological polar surface area (TPSA) is 445 Å². The second-order valence-electron chi connectivity index (χ2n) is 22.7. The summed E-state index contributed by atoms with van der Waals surface area (Å²) < 4.78 is 16.2. The van der Waals surface area contributed by atoms with Crippen molar-refractivity contribution >= 4 is 58.7 Å². The summed E-state index contributed by atoms with van der Waals surface area (Å²) in [5.41, 5.74) is 7.29. The van der Waals surface area contributed by atoms with E-state index in [4.69, 9.17) is 25.1 Å². The SMILES string of the molecule is COCCCCCCCOc1ccc(-c2nnc(-c3ccc(C(=O)N[C@H]4C[C@@H](O)CNC(=O)[C@@H]5[C@@H](O)[C@@H](C)CN5C(=O)[C@H]([C@H](O)CCN)NC(=O)[C@H]([C@H](O)Cc5ccc(O)c(OCC(=O)O)c5)NC(=O)[C@@H]5C[C@@H](O)CN5C(=O)[C@H]([C@@H](C)O)NC4=O)cc3)s2)cc1. The molecule has 4 heterocycles. The van der Waals surface area contributed by atoms with Gasteiger partial charge in [0.05, 0.1) is 43.2 Å². The molecule has 0 unspecified atom stereocenters. The Kier molecular flexibility index (Phi) is 25.3. The lowest BCUT2D eigenvalue weighted by Crippen LogP contribution is -2.64. The fraction of sp³-hybridized carbons (Fsp3) is 0.533. The van der Waals surface area contributed by atoms with Gasteiger partial charge in [-0.15, -0.1) is 10.2 Å². The van der Waals surface area contributed by atoms with Gasteiger partial charge in [-0.3, -0.25) is 33.6 Å². The van der Waals surface area contributed by atoms with Crippen LogP contribution in [0.1, 0.15) is 81.1 Å². The molecule has 3 aliphatic rings. The second-order valence-corrected chi connectivity index (χ2v) is 23.7. The van der Waals surface area contributed by atoms with Crippen LogP contribution in [0, 0.1) is 5.92 Å². The van der Waals surface area contributed by atoms with Gasteiger partial charge in [0.1, 0.15) is 52.0 Å². The molecule has 7 amide bonds. The fourth-order valence-corrected chi connectivity index (χ4v) is 11.6. The average molecular weight is 1280 g/mol. The number of aromatic hydroxyl groups is 1. The lowest BCUT2D eigenvalue weighted by atomic mass is 9.98. The van der Waals surface area contributed by atoms with Crippen molar-refractivity contribution in [1.29, 1.82) is 0 Å². The van der Waals surface area contributed by atoms with Crippen LogP contribution >= 0.6 is 11.3 Å². The number of aromatic nitrogens is 2. The second kappa shape index (κ2) is 32.7. The summed E-state index contributed by atoms with van der Waals surface area (Å²) in [7, 11) is 1.70. The van der Waals surface area contributed by atoms with Gasteiger partial charge < -0.3 is 97.2 Å². The van der Waals surface area contributed by atoms with E-state index in [-0.39, 0.29) is 36.4 Å². The maximum Gasteiger partial charge on any atom is 0.341 e. The van der Waals surface area contributed by atoms with Crippen LogP contribution in [0.25, 0.3) is 21.1 Å².